The van der Waals surface area contributed by atoms with E-state index in [0.717, 1.165) is 17.7 Å². The molecule has 2 aromatic carbocycles. The molecule has 130 valence electrons. The maximum Gasteiger partial charge on any atom is 0.337 e. The Morgan fingerprint density at radius 3 is 2.64 bits per heavy atom. The van der Waals surface area contributed by atoms with E-state index in [2.05, 4.69) is 10.1 Å². The zero-order valence-corrected chi connectivity index (χ0v) is 13.3. The molecular formula is C18H15F2NO4. The van der Waals surface area contributed by atoms with Crippen LogP contribution >= 0.6 is 0 Å². The first-order valence-electron chi connectivity index (χ1n) is 7.59. The van der Waals surface area contributed by atoms with Crippen molar-refractivity contribution in [2.45, 2.75) is 12.5 Å². The van der Waals surface area contributed by atoms with Crippen molar-refractivity contribution in [3.63, 3.8) is 0 Å². The van der Waals surface area contributed by atoms with Crippen molar-refractivity contribution in [1.29, 1.82) is 0 Å². The van der Waals surface area contributed by atoms with Gasteiger partial charge in [0.05, 0.1) is 19.2 Å². The summed E-state index contributed by atoms with van der Waals surface area (Å²) in [4.78, 5) is 23.5. The summed E-state index contributed by atoms with van der Waals surface area (Å²) in [6.07, 6.45) is 0.0712. The van der Waals surface area contributed by atoms with Crippen LogP contribution in [-0.4, -0.2) is 31.6 Å². The van der Waals surface area contributed by atoms with E-state index in [1.54, 1.807) is 18.2 Å². The number of hydrogen-bond donors (Lipinski definition) is 1. The molecule has 1 amide bonds. The van der Waals surface area contributed by atoms with E-state index in [4.69, 9.17) is 4.74 Å². The summed E-state index contributed by atoms with van der Waals surface area (Å²) in [7, 11) is 1.30. The van der Waals surface area contributed by atoms with Crippen LogP contribution in [0.1, 0.15) is 26.3 Å². The molecule has 5 nitrogen and oxygen atoms in total. The summed E-state index contributed by atoms with van der Waals surface area (Å²) in [6, 6.07) is 8.14. The Bertz CT molecular complexity index is 818. The van der Waals surface area contributed by atoms with Gasteiger partial charge in [-0.15, -0.1) is 0 Å². The Balaban J connectivity index is 1.64. The SMILES string of the molecule is COC(=O)c1ccc2c(c1)CC(CNC(=O)c1c(F)cccc1F)O2. The van der Waals surface area contributed by atoms with Crippen molar-refractivity contribution in [2.75, 3.05) is 13.7 Å². The molecule has 1 N–H and O–H groups in total. The molecule has 0 saturated carbocycles. The second-order valence-corrected chi connectivity index (χ2v) is 5.56. The summed E-state index contributed by atoms with van der Waals surface area (Å²) < 4.78 is 37.5. The van der Waals surface area contributed by atoms with Crippen LogP contribution in [0.4, 0.5) is 8.78 Å². The summed E-state index contributed by atoms with van der Waals surface area (Å²) >= 11 is 0. The second-order valence-electron chi connectivity index (χ2n) is 5.56. The Morgan fingerprint density at radius 2 is 1.96 bits per heavy atom. The van der Waals surface area contributed by atoms with E-state index in [9.17, 15) is 18.4 Å². The van der Waals surface area contributed by atoms with Crippen molar-refractivity contribution in [1.82, 2.24) is 5.32 Å². The molecule has 3 rings (SSSR count). The molecule has 1 aliphatic heterocycles. The molecule has 0 radical (unpaired) electrons. The van der Waals surface area contributed by atoms with Crippen LogP contribution in [0.5, 0.6) is 5.75 Å². The van der Waals surface area contributed by atoms with Crippen LogP contribution in [0, 0.1) is 11.6 Å². The highest BCUT2D eigenvalue weighted by Gasteiger charge is 2.25. The summed E-state index contributed by atoms with van der Waals surface area (Å²) in [5.74, 6) is -2.53. The normalized spacial score (nSPS) is 15.2. The lowest BCUT2D eigenvalue weighted by molar-refractivity contribution is 0.0600. The Labute approximate surface area is 142 Å². The number of carbonyl (C=O) groups is 2. The minimum atomic E-state index is -0.921. The van der Waals surface area contributed by atoms with E-state index in [0.29, 0.717) is 17.7 Å². The number of rotatable bonds is 4. The number of hydrogen-bond acceptors (Lipinski definition) is 4. The molecule has 0 aliphatic carbocycles. The van der Waals surface area contributed by atoms with Gasteiger partial charge < -0.3 is 14.8 Å². The van der Waals surface area contributed by atoms with Crippen LogP contribution in [-0.2, 0) is 11.2 Å². The lowest BCUT2D eigenvalue weighted by Crippen LogP contribution is -2.35. The summed E-state index contributed by atoms with van der Waals surface area (Å²) in [5, 5.41) is 2.47. The smallest absolute Gasteiger partial charge is 0.337 e. The second kappa shape index (κ2) is 6.88. The van der Waals surface area contributed by atoms with Gasteiger partial charge in [-0.05, 0) is 35.9 Å². The van der Waals surface area contributed by atoms with Crippen LogP contribution in [0.15, 0.2) is 36.4 Å². The summed E-state index contributed by atoms with van der Waals surface area (Å²) in [5.41, 5.74) is 0.591. The van der Waals surface area contributed by atoms with Crippen LogP contribution in [0.2, 0.25) is 0 Å². The van der Waals surface area contributed by atoms with Gasteiger partial charge in [0.2, 0.25) is 0 Å². The van der Waals surface area contributed by atoms with Gasteiger partial charge in [-0.3, -0.25) is 4.79 Å². The standard InChI is InChI=1S/C18H15F2NO4/c1-24-18(23)10-5-6-15-11(7-10)8-12(25-15)9-21-17(22)16-13(19)3-2-4-14(16)20/h2-7,12H,8-9H2,1H3,(H,21,22). The number of benzene rings is 2. The predicted octanol–water partition coefficient (Wildman–Crippen LogP) is 2.48. The largest absolute Gasteiger partial charge is 0.488 e. The predicted molar refractivity (Wildman–Crippen MR) is 84.6 cm³/mol. The lowest BCUT2D eigenvalue weighted by atomic mass is 10.1. The molecule has 0 aromatic heterocycles. The number of esters is 1. The van der Waals surface area contributed by atoms with Crippen LogP contribution in [0.25, 0.3) is 0 Å². The van der Waals surface area contributed by atoms with Crippen LogP contribution in [0.3, 0.4) is 0 Å². The minimum Gasteiger partial charge on any atom is -0.488 e. The van der Waals surface area contributed by atoms with Gasteiger partial charge in [0.25, 0.3) is 5.91 Å². The highest BCUT2D eigenvalue weighted by atomic mass is 19.1. The molecule has 25 heavy (non-hydrogen) atoms. The lowest BCUT2D eigenvalue weighted by Gasteiger charge is -2.12. The van der Waals surface area contributed by atoms with Gasteiger partial charge in [0.15, 0.2) is 0 Å². The number of amides is 1. The zero-order valence-electron chi connectivity index (χ0n) is 13.3. The van der Waals surface area contributed by atoms with E-state index in [1.165, 1.54) is 13.2 Å². The van der Waals surface area contributed by atoms with Crippen molar-refractivity contribution >= 4 is 11.9 Å². The Kier molecular flexibility index (Phi) is 4.65. The molecule has 0 saturated heterocycles. The maximum atomic E-state index is 13.6. The third kappa shape index (κ3) is 3.45. The van der Waals surface area contributed by atoms with Gasteiger partial charge in [-0.25, -0.2) is 13.6 Å². The van der Waals surface area contributed by atoms with Gasteiger partial charge in [-0.2, -0.15) is 0 Å². The number of fused-ring (bicyclic) bond motifs is 1. The Hall–Kier alpha value is -2.96. The molecule has 7 heteroatoms. The van der Waals surface area contributed by atoms with E-state index in [-0.39, 0.29) is 12.6 Å². The summed E-state index contributed by atoms with van der Waals surface area (Å²) in [6.45, 7) is 0.0782. The molecule has 1 heterocycles. The van der Waals surface area contributed by atoms with Crippen molar-refractivity contribution in [3.8, 4) is 5.75 Å². The molecular weight excluding hydrogens is 332 g/mol. The fourth-order valence-electron chi connectivity index (χ4n) is 2.69. The Morgan fingerprint density at radius 1 is 1.24 bits per heavy atom. The zero-order chi connectivity index (χ0) is 18.0. The highest BCUT2D eigenvalue weighted by molar-refractivity contribution is 5.94. The van der Waals surface area contributed by atoms with Crippen LogP contribution < -0.4 is 10.1 Å². The van der Waals surface area contributed by atoms with Crippen molar-refractivity contribution in [3.05, 3.63) is 64.7 Å². The maximum absolute atomic E-state index is 13.6. The number of methoxy groups -OCH3 is 1. The molecule has 1 atom stereocenters. The number of nitrogens with one attached hydrogen (secondary N) is 1. The fraction of sp³-hybridized carbons (Fsp3) is 0.222. The van der Waals surface area contributed by atoms with Crippen molar-refractivity contribution in [2.24, 2.45) is 0 Å². The van der Waals surface area contributed by atoms with Gasteiger partial charge >= 0.3 is 5.97 Å². The average Bonchev–Trinajstić information content (AvgIpc) is 3.01. The monoisotopic (exact) mass is 347 g/mol. The number of ether oxygens (including phenoxy) is 2. The van der Waals surface area contributed by atoms with Gasteiger partial charge in [0.1, 0.15) is 29.1 Å². The first-order valence-corrected chi connectivity index (χ1v) is 7.59. The topological polar surface area (TPSA) is 64.6 Å². The quantitative estimate of drug-likeness (QED) is 0.863. The molecule has 1 unspecified atom stereocenters. The number of carbonyl (C=O) groups excluding carboxylic acids is 2. The average molecular weight is 347 g/mol. The number of halogens is 2. The third-order valence-corrected chi connectivity index (χ3v) is 3.90. The molecule has 0 fully saturated rings. The first-order chi connectivity index (χ1) is 12.0. The molecule has 0 spiro atoms. The van der Waals surface area contributed by atoms with E-state index in [1.807, 2.05) is 0 Å². The minimum absolute atomic E-state index is 0.0782. The van der Waals surface area contributed by atoms with Crippen molar-refractivity contribution < 1.29 is 27.8 Å². The molecule has 0 bridgehead atoms. The van der Waals surface area contributed by atoms with E-state index < -0.39 is 29.1 Å². The van der Waals surface area contributed by atoms with E-state index >= 15 is 0 Å². The third-order valence-electron chi connectivity index (χ3n) is 3.90. The molecule has 1 aliphatic rings. The van der Waals surface area contributed by atoms with Gasteiger partial charge in [-0.1, -0.05) is 6.07 Å². The highest BCUT2D eigenvalue weighted by Crippen LogP contribution is 2.29. The molecule has 2 aromatic rings. The first kappa shape index (κ1) is 16.9. The fourth-order valence-corrected chi connectivity index (χ4v) is 2.69. The van der Waals surface area contributed by atoms with Gasteiger partial charge in [0, 0.05) is 6.42 Å².